The topological polar surface area (TPSA) is 64.3 Å². The van der Waals surface area contributed by atoms with Crippen LogP contribution in [0.4, 0.5) is 5.95 Å². The van der Waals surface area contributed by atoms with Gasteiger partial charge in [0.05, 0.1) is 6.61 Å². The quantitative estimate of drug-likeness (QED) is 0.879. The Morgan fingerprint density at radius 1 is 1.56 bits per heavy atom. The van der Waals surface area contributed by atoms with Crippen molar-refractivity contribution in [3.63, 3.8) is 0 Å². The molecule has 0 amide bonds. The Morgan fingerprint density at radius 2 is 2.39 bits per heavy atom. The monoisotopic (exact) mass is 250 g/mol. The van der Waals surface area contributed by atoms with E-state index in [9.17, 15) is 0 Å². The summed E-state index contributed by atoms with van der Waals surface area (Å²) in [4.78, 5) is 11.0. The summed E-state index contributed by atoms with van der Waals surface area (Å²) in [5, 5.41) is 0. The highest BCUT2D eigenvalue weighted by Gasteiger charge is 2.27. The van der Waals surface area contributed by atoms with Gasteiger partial charge in [0, 0.05) is 30.9 Å². The van der Waals surface area contributed by atoms with Gasteiger partial charge >= 0.3 is 0 Å². The molecule has 1 aliphatic heterocycles. The molecule has 18 heavy (non-hydrogen) atoms. The second-order valence-corrected chi connectivity index (χ2v) is 4.74. The van der Waals surface area contributed by atoms with Crippen LogP contribution >= 0.6 is 0 Å². The second kappa shape index (κ2) is 6.00. The number of anilines is 1. The van der Waals surface area contributed by atoms with Gasteiger partial charge in [0.2, 0.25) is 11.8 Å². The fourth-order valence-electron chi connectivity index (χ4n) is 2.45. The molecule has 0 bridgehead atoms. The fourth-order valence-corrected chi connectivity index (χ4v) is 2.45. The van der Waals surface area contributed by atoms with Crippen molar-refractivity contribution in [1.29, 1.82) is 0 Å². The zero-order valence-corrected chi connectivity index (χ0v) is 11.2. The molecule has 2 rings (SSSR count). The molecule has 100 valence electrons. The molecule has 1 aromatic rings. The lowest BCUT2D eigenvalue weighted by atomic mass is 9.97. The molecule has 0 aromatic carbocycles. The van der Waals surface area contributed by atoms with Crippen LogP contribution in [0.3, 0.4) is 0 Å². The van der Waals surface area contributed by atoms with Gasteiger partial charge in [-0.3, -0.25) is 0 Å². The maximum Gasteiger partial charge on any atom is 0.228 e. The van der Waals surface area contributed by atoms with Crippen molar-refractivity contribution in [2.75, 3.05) is 18.1 Å². The Bertz CT molecular complexity index is 383. The number of hydrogen-bond donors (Lipinski definition) is 1. The molecule has 2 N–H and O–H groups in total. The predicted molar refractivity (Wildman–Crippen MR) is 71.8 cm³/mol. The Kier molecular flexibility index (Phi) is 4.36. The van der Waals surface area contributed by atoms with Crippen LogP contribution in [0.5, 0.6) is 5.88 Å². The lowest BCUT2D eigenvalue weighted by Crippen LogP contribution is -2.50. The minimum atomic E-state index is 0.129. The summed E-state index contributed by atoms with van der Waals surface area (Å²) in [5.41, 5.74) is 6.06. The molecule has 2 atom stereocenters. The minimum absolute atomic E-state index is 0.129. The summed E-state index contributed by atoms with van der Waals surface area (Å²) < 4.78 is 5.42. The average Bonchev–Trinajstić information content (AvgIpc) is 2.39. The summed E-state index contributed by atoms with van der Waals surface area (Å²) in [5.74, 6) is 1.37. The van der Waals surface area contributed by atoms with Crippen molar-refractivity contribution >= 4 is 5.95 Å². The van der Waals surface area contributed by atoms with Gasteiger partial charge in [0.25, 0.3) is 0 Å². The van der Waals surface area contributed by atoms with E-state index in [-0.39, 0.29) is 6.04 Å². The number of hydrogen-bond acceptors (Lipinski definition) is 5. The van der Waals surface area contributed by atoms with Gasteiger partial charge in [0.1, 0.15) is 0 Å². The highest BCUT2D eigenvalue weighted by atomic mass is 16.5. The van der Waals surface area contributed by atoms with Crippen LogP contribution in [-0.2, 0) is 0 Å². The van der Waals surface area contributed by atoms with E-state index < -0.39 is 0 Å². The van der Waals surface area contributed by atoms with Crippen molar-refractivity contribution < 1.29 is 4.74 Å². The number of nitrogens with zero attached hydrogens (tertiary/aromatic N) is 3. The first kappa shape index (κ1) is 13.1. The van der Waals surface area contributed by atoms with E-state index in [0.717, 1.165) is 18.9 Å². The molecular formula is C13H22N4O. The van der Waals surface area contributed by atoms with Gasteiger partial charge in [-0.25, -0.2) is 4.98 Å². The van der Waals surface area contributed by atoms with Crippen LogP contribution in [0.1, 0.15) is 33.1 Å². The third-order valence-electron chi connectivity index (χ3n) is 3.32. The Morgan fingerprint density at radius 3 is 3.11 bits per heavy atom. The van der Waals surface area contributed by atoms with E-state index in [2.05, 4.69) is 21.8 Å². The van der Waals surface area contributed by atoms with Crippen LogP contribution in [-0.4, -0.2) is 35.2 Å². The average molecular weight is 250 g/mol. The van der Waals surface area contributed by atoms with Crippen molar-refractivity contribution in [3.8, 4) is 5.88 Å². The number of aromatic nitrogens is 2. The number of piperidine rings is 1. The Labute approximate surface area is 108 Å². The van der Waals surface area contributed by atoms with Crippen molar-refractivity contribution in [3.05, 3.63) is 12.3 Å². The molecule has 0 radical (unpaired) electrons. The smallest absolute Gasteiger partial charge is 0.228 e. The molecule has 0 saturated carbocycles. The van der Waals surface area contributed by atoms with Gasteiger partial charge in [0.15, 0.2) is 0 Å². The molecule has 2 heterocycles. The molecule has 5 heteroatoms. The minimum Gasteiger partial charge on any atom is -0.478 e. The van der Waals surface area contributed by atoms with E-state index in [1.165, 1.54) is 12.8 Å². The van der Waals surface area contributed by atoms with Crippen LogP contribution < -0.4 is 15.4 Å². The maximum atomic E-state index is 6.06. The summed E-state index contributed by atoms with van der Waals surface area (Å²) in [6.07, 6.45) is 5.26. The molecule has 0 spiro atoms. The maximum absolute atomic E-state index is 6.06. The van der Waals surface area contributed by atoms with Gasteiger partial charge in [-0.15, -0.1) is 0 Å². The van der Waals surface area contributed by atoms with E-state index in [0.29, 0.717) is 18.5 Å². The summed E-state index contributed by atoms with van der Waals surface area (Å²) in [6, 6.07) is 2.25. The Balaban J connectivity index is 2.19. The number of nitrogens with two attached hydrogens (primary N) is 1. The molecule has 1 saturated heterocycles. The molecular weight excluding hydrogens is 228 g/mol. The molecule has 0 aliphatic carbocycles. The SMILES string of the molecule is CCOc1ccnc(N2CCCCC2C(C)N)n1. The van der Waals surface area contributed by atoms with Gasteiger partial charge in [-0.1, -0.05) is 0 Å². The van der Waals surface area contributed by atoms with Crippen molar-refractivity contribution in [2.45, 2.75) is 45.2 Å². The molecule has 1 fully saturated rings. The largest absolute Gasteiger partial charge is 0.478 e. The highest BCUT2D eigenvalue weighted by Crippen LogP contribution is 2.24. The first-order valence-electron chi connectivity index (χ1n) is 6.70. The third-order valence-corrected chi connectivity index (χ3v) is 3.32. The summed E-state index contributed by atoms with van der Waals surface area (Å²) in [7, 11) is 0. The zero-order valence-electron chi connectivity index (χ0n) is 11.2. The summed E-state index contributed by atoms with van der Waals surface area (Å²) in [6.45, 7) is 5.60. The number of ether oxygens (including phenoxy) is 1. The molecule has 1 aliphatic rings. The van der Waals surface area contributed by atoms with Crippen molar-refractivity contribution in [1.82, 2.24) is 9.97 Å². The second-order valence-electron chi connectivity index (χ2n) is 4.74. The van der Waals surface area contributed by atoms with Gasteiger partial charge < -0.3 is 15.4 Å². The van der Waals surface area contributed by atoms with Crippen LogP contribution in [0, 0.1) is 0 Å². The van der Waals surface area contributed by atoms with Gasteiger partial charge in [-0.05, 0) is 33.1 Å². The Hall–Kier alpha value is -1.36. The molecule has 2 unspecified atom stereocenters. The van der Waals surface area contributed by atoms with Crippen LogP contribution in [0.25, 0.3) is 0 Å². The highest BCUT2D eigenvalue weighted by molar-refractivity contribution is 5.35. The van der Waals surface area contributed by atoms with E-state index in [1.807, 2.05) is 6.92 Å². The normalized spacial score (nSPS) is 21.7. The molecule has 1 aromatic heterocycles. The van der Waals surface area contributed by atoms with E-state index >= 15 is 0 Å². The van der Waals surface area contributed by atoms with Crippen LogP contribution in [0.15, 0.2) is 12.3 Å². The number of rotatable bonds is 4. The zero-order chi connectivity index (χ0) is 13.0. The molecule has 5 nitrogen and oxygen atoms in total. The lowest BCUT2D eigenvalue weighted by Gasteiger charge is -2.38. The predicted octanol–water partition coefficient (Wildman–Crippen LogP) is 1.58. The standard InChI is InChI=1S/C13H22N4O/c1-3-18-12-7-8-15-13(16-12)17-9-5-4-6-11(17)10(2)14/h7-8,10-11H,3-6,9,14H2,1-2H3. The summed E-state index contributed by atoms with van der Waals surface area (Å²) >= 11 is 0. The van der Waals surface area contributed by atoms with E-state index in [1.54, 1.807) is 12.3 Å². The first-order chi connectivity index (χ1) is 8.72. The third kappa shape index (κ3) is 2.90. The van der Waals surface area contributed by atoms with Crippen LogP contribution in [0.2, 0.25) is 0 Å². The fraction of sp³-hybridized carbons (Fsp3) is 0.692. The first-order valence-corrected chi connectivity index (χ1v) is 6.70. The lowest BCUT2D eigenvalue weighted by molar-refractivity contribution is 0.324. The van der Waals surface area contributed by atoms with E-state index in [4.69, 9.17) is 10.5 Å². The van der Waals surface area contributed by atoms with Crippen molar-refractivity contribution in [2.24, 2.45) is 5.73 Å². The van der Waals surface area contributed by atoms with Gasteiger partial charge in [-0.2, -0.15) is 4.98 Å².